The van der Waals surface area contributed by atoms with Gasteiger partial charge in [0.15, 0.2) is 11.6 Å². The minimum atomic E-state index is -0.529. The van der Waals surface area contributed by atoms with Crippen molar-refractivity contribution >= 4 is 28.9 Å². The zero-order valence-electron chi connectivity index (χ0n) is 12.0. The zero-order chi connectivity index (χ0) is 16.1. The van der Waals surface area contributed by atoms with E-state index in [0.29, 0.717) is 16.1 Å². The van der Waals surface area contributed by atoms with Crippen LogP contribution in [0, 0.1) is 5.82 Å². The van der Waals surface area contributed by atoms with Crippen LogP contribution in [0.4, 0.5) is 10.1 Å². The maximum absolute atomic E-state index is 13.6. The highest BCUT2D eigenvalue weighted by Gasteiger charge is 2.16. The molecule has 1 heterocycles. The third-order valence-electron chi connectivity index (χ3n) is 2.89. The largest absolute Gasteiger partial charge is 0.494 e. The Morgan fingerprint density at radius 1 is 1.27 bits per heavy atom. The summed E-state index contributed by atoms with van der Waals surface area (Å²) in [7, 11) is 2.64. The van der Waals surface area contributed by atoms with Crippen LogP contribution in [0.15, 0.2) is 29.6 Å². The molecule has 7 heteroatoms. The van der Waals surface area contributed by atoms with Gasteiger partial charge in [-0.1, -0.05) is 6.07 Å². The summed E-state index contributed by atoms with van der Waals surface area (Å²) in [5, 5.41) is 4.29. The smallest absolute Gasteiger partial charge is 0.350 e. The van der Waals surface area contributed by atoms with Crippen LogP contribution in [0.1, 0.15) is 15.2 Å². The van der Waals surface area contributed by atoms with Crippen molar-refractivity contribution in [2.75, 3.05) is 19.5 Å². The molecular weight excluding hydrogens is 309 g/mol. The van der Waals surface area contributed by atoms with E-state index in [9.17, 15) is 14.0 Å². The number of esters is 1. The number of carbonyl (C=O) groups excluding carboxylic acids is 2. The predicted molar refractivity (Wildman–Crippen MR) is 80.9 cm³/mol. The van der Waals surface area contributed by atoms with Crippen molar-refractivity contribution in [1.82, 2.24) is 0 Å². The number of nitrogens with one attached hydrogen (secondary N) is 1. The number of hydrogen-bond donors (Lipinski definition) is 1. The van der Waals surface area contributed by atoms with E-state index in [1.165, 1.54) is 37.7 Å². The molecule has 0 aliphatic carbocycles. The summed E-state index contributed by atoms with van der Waals surface area (Å²) in [4.78, 5) is 23.8. The number of amides is 1. The van der Waals surface area contributed by atoms with Crippen LogP contribution >= 0.6 is 11.3 Å². The van der Waals surface area contributed by atoms with Gasteiger partial charge >= 0.3 is 5.97 Å². The monoisotopic (exact) mass is 323 g/mol. The first-order valence-corrected chi connectivity index (χ1v) is 7.21. The van der Waals surface area contributed by atoms with E-state index in [1.54, 1.807) is 17.5 Å². The molecular formula is C15H14FNO4S. The van der Waals surface area contributed by atoms with E-state index < -0.39 is 11.8 Å². The summed E-state index contributed by atoms with van der Waals surface area (Å²) in [6.07, 6.45) is -0.0165. The van der Waals surface area contributed by atoms with Crippen molar-refractivity contribution in [2.45, 2.75) is 6.42 Å². The summed E-state index contributed by atoms with van der Waals surface area (Å²) in [6, 6.07) is 5.93. The van der Waals surface area contributed by atoms with E-state index in [2.05, 4.69) is 10.1 Å². The number of benzene rings is 1. The second kappa shape index (κ2) is 7.04. The lowest BCUT2D eigenvalue weighted by molar-refractivity contribution is -0.115. The second-order valence-corrected chi connectivity index (χ2v) is 5.26. The molecule has 2 rings (SSSR count). The van der Waals surface area contributed by atoms with Crippen LogP contribution in [0.5, 0.6) is 5.75 Å². The number of carbonyl (C=O) groups is 2. The van der Waals surface area contributed by atoms with Crippen LogP contribution in [-0.2, 0) is 16.0 Å². The van der Waals surface area contributed by atoms with Gasteiger partial charge in [0.1, 0.15) is 4.88 Å². The minimum absolute atomic E-state index is 0.0165. The highest BCUT2D eigenvalue weighted by Crippen LogP contribution is 2.23. The molecule has 0 saturated carbocycles. The molecule has 1 aromatic carbocycles. The summed E-state index contributed by atoms with van der Waals surface area (Å²) >= 11 is 1.17. The minimum Gasteiger partial charge on any atom is -0.494 e. The fourth-order valence-electron chi connectivity index (χ4n) is 1.86. The fourth-order valence-corrected chi connectivity index (χ4v) is 2.62. The molecule has 0 atom stereocenters. The molecule has 1 N–H and O–H groups in total. The number of ether oxygens (including phenoxy) is 2. The molecule has 1 amide bonds. The normalized spacial score (nSPS) is 10.1. The zero-order valence-corrected chi connectivity index (χ0v) is 12.8. The maximum Gasteiger partial charge on any atom is 0.350 e. The van der Waals surface area contributed by atoms with Gasteiger partial charge in [-0.25, -0.2) is 9.18 Å². The Hall–Kier alpha value is -2.41. The molecule has 2 aromatic rings. The van der Waals surface area contributed by atoms with Gasteiger partial charge in [0, 0.05) is 0 Å². The Balaban J connectivity index is 2.06. The Morgan fingerprint density at radius 3 is 2.68 bits per heavy atom. The van der Waals surface area contributed by atoms with Crippen LogP contribution in [-0.4, -0.2) is 26.1 Å². The number of thiophene rings is 1. The second-order valence-electron chi connectivity index (χ2n) is 4.35. The van der Waals surface area contributed by atoms with Crippen molar-refractivity contribution < 1.29 is 23.5 Å². The van der Waals surface area contributed by atoms with Crippen molar-refractivity contribution in [2.24, 2.45) is 0 Å². The Kier molecular flexibility index (Phi) is 5.11. The van der Waals surface area contributed by atoms with Crippen molar-refractivity contribution in [3.05, 3.63) is 45.9 Å². The highest BCUT2D eigenvalue weighted by atomic mass is 32.1. The summed E-state index contributed by atoms with van der Waals surface area (Å²) < 4.78 is 23.0. The Labute approximate surface area is 130 Å². The van der Waals surface area contributed by atoms with E-state index in [4.69, 9.17) is 4.74 Å². The van der Waals surface area contributed by atoms with E-state index in [0.717, 1.165) is 0 Å². The molecule has 0 radical (unpaired) electrons. The first-order valence-electron chi connectivity index (χ1n) is 6.33. The van der Waals surface area contributed by atoms with Crippen molar-refractivity contribution in [1.29, 1.82) is 0 Å². The third-order valence-corrected chi connectivity index (χ3v) is 3.79. The van der Waals surface area contributed by atoms with Gasteiger partial charge in [-0.2, -0.15) is 0 Å². The standard InChI is InChI=1S/C15H14FNO4S/c1-20-12-4-3-9(7-10(12)16)8-13(18)17-11-5-6-22-14(11)15(19)21-2/h3-7H,8H2,1-2H3,(H,17,18). The molecule has 1 aromatic heterocycles. The lowest BCUT2D eigenvalue weighted by Crippen LogP contribution is -2.16. The summed E-state index contributed by atoms with van der Waals surface area (Å²) in [6.45, 7) is 0. The Morgan fingerprint density at radius 2 is 2.05 bits per heavy atom. The van der Waals surface area contributed by atoms with Crippen LogP contribution in [0.25, 0.3) is 0 Å². The lowest BCUT2D eigenvalue weighted by Gasteiger charge is -2.07. The fraction of sp³-hybridized carbons (Fsp3) is 0.200. The topological polar surface area (TPSA) is 64.6 Å². The molecule has 0 fully saturated rings. The van der Waals surface area contributed by atoms with Gasteiger partial charge in [0.05, 0.1) is 26.3 Å². The average molecular weight is 323 g/mol. The van der Waals surface area contributed by atoms with Gasteiger partial charge in [0.2, 0.25) is 5.91 Å². The Bertz CT molecular complexity index is 699. The predicted octanol–water partition coefficient (Wildman–Crippen LogP) is 2.86. The molecule has 0 spiro atoms. The highest BCUT2D eigenvalue weighted by molar-refractivity contribution is 7.12. The van der Waals surface area contributed by atoms with Gasteiger partial charge in [0.25, 0.3) is 0 Å². The van der Waals surface area contributed by atoms with Gasteiger partial charge in [-0.05, 0) is 29.1 Å². The van der Waals surface area contributed by atoms with Crippen LogP contribution < -0.4 is 10.1 Å². The summed E-state index contributed by atoms with van der Waals surface area (Å²) in [5.74, 6) is -1.28. The molecule has 0 aliphatic heterocycles. The lowest BCUT2D eigenvalue weighted by atomic mass is 10.1. The molecule has 116 valence electrons. The number of rotatable bonds is 5. The molecule has 0 bridgehead atoms. The van der Waals surface area contributed by atoms with Crippen LogP contribution in [0.2, 0.25) is 0 Å². The van der Waals surface area contributed by atoms with Crippen molar-refractivity contribution in [3.8, 4) is 5.75 Å². The molecule has 0 aliphatic rings. The first-order chi connectivity index (χ1) is 10.5. The van der Waals surface area contributed by atoms with Gasteiger partial charge < -0.3 is 14.8 Å². The van der Waals surface area contributed by atoms with Gasteiger partial charge in [-0.15, -0.1) is 11.3 Å². The van der Waals surface area contributed by atoms with Crippen molar-refractivity contribution in [3.63, 3.8) is 0 Å². The molecule has 22 heavy (non-hydrogen) atoms. The average Bonchev–Trinajstić information content (AvgIpc) is 2.94. The third kappa shape index (κ3) is 3.62. The van der Waals surface area contributed by atoms with E-state index in [-0.39, 0.29) is 18.1 Å². The molecule has 0 saturated heterocycles. The van der Waals surface area contributed by atoms with E-state index in [1.807, 2.05) is 0 Å². The molecule has 5 nitrogen and oxygen atoms in total. The SMILES string of the molecule is COC(=O)c1sccc1NC(=O)Cc1ccc(OC)c(F)c1. The number of anilines is 1. The number of methoxy groups -OCH3 is 2. The summed E-state index contributed by atoms with van der Waals surface area (Å²) in [5.41, 5.74) is 0.890. The molecule has 0 unspecified atom stereocenters. The maximum atomic E-state index is 13.6. The number of hydrogen-bond acceptors (Lipinski definition) is 5. The number of halogens is 1. The van der Waals surface area contributed by atoms with Gasteiger partial charge in [-0.3, -0.25) is 4.79 Å². The first kappa shape index (κ1) is 16.0. The quantitative estimate of drug-likeness (QED) is 0.859. The van der Waals surface area contributed by atoms with Crippen LogP contribution in [0.3, 0.4) is 0 Å². The van der Waals surface area contributed by atoms with E-state index >= 15 is 0 Å².